The number of aryl methyl sites for hydroxylation is 1. The molecule has 2 amide bonds. The Kier molecular flexibility index (Phi) is 9.57. The molecule has 14 heteroatoms. The van der Waals surface area contributed by atoms with E-state index in [4.69, 9.17) is 10.5 Å². The van der Waals surface area contributed by atoms with Crippen molar-refractivity contribution < 1.29 is 32.6 Å². The minimum atomic E-state index is -4.68. The molecule has 2 aromatic rings. The minimum Gasteiger partial charge on any atom is -0.444 e. The van der Waals surface area contributed by atoms with Gasteiger partial charge < -0.3 is 36.0 Å². The molecule has 1 saturated carbocycles. The van der Waals surface area contributed by atoms with Gasteiger partial charge in [0.15, 0.2) is 11.5 Å². The smallest absolute Gasteiger partial charge is 0.418 e. The number of amides is 2. The lowest BCUT2D eigenvalue weighted by Crippen LogP contribution is -2.50. The summed E-state index contributed by atoms with van der Waals surface area (Å²) in [4.78, 5) is 36.7. The first-order chi connectivity index (χ1) is 20.1. The number of aliphatic hydroxyl groups is 1. The Morgan fingerprint density at radius 1 is 1.05 bits per heavy atom. The average Bonchev–Trinajstić information content (AvgIpc) is 2.93. The lowest BCUT2D eigenvalue weighted by Gasteiger charge is -2.37. The summed E-state index contributed by atoms with van der Waals surface area (Å²) in [5.41, 5.74) is 4.38. The number of aromatic nitrogens is 2. The van der Waals surface area contributed by atoms with Crippen LogP contribution in [0.15, 0.2) is 18.2 Å². The molecule has 1 aromatic heterocycles. The molecule has 11 nitrogen and oxygen atoms in total. The van der Waals surface area contributed by atoms with E-state index in [9.17, 15) is 27.9 Å². The van der Waals surface area contributed by atoms with Gasteiger partial charge in [-0.25, -0.2) is 14.8 Å². The molecular weight excluding hydrogens is 567 g/mol. The van der Waals surface area contributed by atoms with Crippen LogP contribution in [0.1, 0.15) is 75.1 Å². The molecule has 0 atom stereocenters. The molecule has 236 valence electrons. The second kappa shape index (κ2) is 12.8. The van der Waals surface area contributed by atoms with Crippen molar-refractivity contribution in [1.82, 2.24) is 14.9 Å². The van der Waals surface area contributed by atoms with Crippen molar-refractivity contribution in [3.8, 4) is 0 Å². The number of nitrogens with zero attached hydrogens (tertiary/aromatic N) is 4. The quantitative estimate of drug-likeness (QED) is 0.353. The Balaban J connectivity index is 1.58. The number of nitrogens with one attached hydrogen (secondary N) is 2. The summed E-state index contributed by atoms with van der Waals surface area (Å²) in [6.07, 6.45) is -2.37. The van der Waals surface area contributed by atoms with E-state index < -0.39 is 29.3 Å². The second-order valence-electron chi connectivity index (χ2n) is 11.9. The number of hydrogen-bond acceptors (Lipinski definition) is 9. The number of aliphatic hydroxyl groups excluding tert-OH is 1. The lowest BCUT2D eigenvalue weighted by atomic mass is 9.93. The zero-order chi connectivity index (χ0) is 31.5. The fourth-order valence-electron chi connectivity index (χ4n) is 5.21. The molecule has 5 N–H and O–H groups in total. The van der Waals surface area contributed by atoms with Crippen LogP contribution in [0.25, 0.3) is 0 Å². The number of ether oxygens (including phenoxy) is 1. The van der Waals surface area contributed by atoms with Crippen molar-refractivity contribution in [3.05, 3.63) is 35.2 Å². The van der Waals surface area contributed by atoms with Crippen molar-refractivity contribution in [2.24, 2.45) is 5.73 Å². The molecular formula is C29H40F3N7O4. The van der Waals surface area contributed by atoms with Crippen LogP contribution < -0.4 is 21.3 Å². The van der Waals surface area contributed by atoms with E-state index in [1.54, 1.807) is 25.7 Å². The van der Waals surface area contributed by atoms with Crippen LogP contribution in [0.3, 0.4) is 0 Å². The molecule has 0 spiro atoms. The second-order valence-corrected chi connectivity index (χ2v) is 11.9. The fraction of sp³-hybridized carbons (Fsp3) is 0.586. The SMILES string of the molecule is CCc1nc(C(N)=O)c(Nc2ccc(N3CCN(C(=O)OC(C)(C)C)CC3)c(C(F)(F)F)c2)nc1N[C@H]1CC[C@H](O)CC1. The van der Waals surface area contributed by atoms with E-state index in [0.29, 0.717) is 30.8 Å². The van der Waals surface area contributed by atoms with Crippen molar-refractivity contribution in [1.29, 1.82) is 0 Å². The molecule has 1 saturated heterocycles. The van der Waals surface area contributed by atoms with Crippen LogP contribution in [-0.2, 0) is 17.3 Å². The Hall–Kier alpha value is -3.81. The maximum Gasteiger partial charge on any atom is 0.418 e. The minimum absolute atomic E-state index is 0.0220. The van der Waals surface area contributed by atoms with Crippen LogP contribution in [0, 0.1) is 0 Å². The number of carbonyl (C=O) groups excluding carboxylic acids is 2. The van der Waals surface area contributed by atoms with Crippen molar-refractivity contribution >= 4 is 35.0 Å². The standard InChI is InChI=1S/C29H40F3N7O4/c1-5-21-25(34-17-6-9-19(40)10-7-17)37-26(23(36-21)24(33)41)35-18-8-11-22(20(16-18)29(30,31)32)38-12-14-39(15-13-38)27(42)43-28(2,3)4/h8,11,16-17,19,40H,5-7,9-10,12-15H2,1-4H3,(H2,33,41)(H2,34,35,37)/t17-,19-. The van der Waals surface area contributed by atoms with Gasteiger partial charge in [0, 0.05) is 43.6 Å². The van der Waals surface area contributed by atoms with Crippen LogP contribution in [0.4, 0.5) is 41.0 Å². The molecule has 1 aliphatic carbocycles. The molecule has 1 aliphatic heterocycles. The molecule has 2 heterocycles. The predicted molar refractivity (Wildman–Crippen MR) is 157 cm³/mol. The van der Waals surface area contributed by atoms with Crippen LogP contribution in [0.5, 0.6) is 0 Å². The van der Waals surface area contributed by atoms with Crippen molar-refractivity contribution in [3.63, 3.8) is 0 Å². The number of nitrogens with two attached hydrogens (primary N) is 1. The zero-order valence-electron chi connectivity index (χ0n) is 24.9. The number of rotatable bonds is 7. The topological polar surface area (TPSA) is 146 Å². The number of halogens is 3. The summed E-state index contributed by atoms with van der Waals surface area (Å²) in [6.45, 7) is 7.91. The van der Waals surface area contributed by atoms with Crippen LogP contribution >= 0.6 is 0 Å². The predicted octanol–water partition coefficient (Wildman–Crippen LogP) is 4.67. The van der Waals surface area contributed by atoms with Gasteiger partial charge in [0.1, 0.15) is 11.4 Å². The maximum atomic E-state index is 14.3. The Bertz CT molecular complexity index is 1320. The summed E-state index contributed by atoms with van der Waals surface area (Å²) in [7, 11) is 0. The third-order valence-corrected chi connectivity index (χ3v) is 7.41. The highest BCUT2D eigenvalue weighted by atomic mass is 19.4. The maximum absolute atomic E-state index is 14.3. The Morgan fingerprint density at radius 2 is 1.70 bits per heavy atom. The first-order valence-corrected chi connectivity index (χ1v) is 14.5. The summed E-state index contributed by atoms with van der Waals surface area (Å²) >= 11 is 0. The lowest BCUT2D eigenvalue weighted by molar-refractivity contribution is -0.137. The van der Waals surface area contributed by atoms with E-state index in [1.165, 1.54) is 17.0 Å². The van der Waals surface area contributed by atoms with E-state index in [1.807, 2.05) is 6.92 Å². The van der Waals surface area contributed by atoms with Crippen LogP contribution in [-0.4, -0.2) is 75.9 Å². The molecule has 43 heavy (non-hydrogen) atoms. The average molecular weight is 608 g/mol. The summed E-state index contributed by atoms with van der Waals surface area (Å²) in [5, 5.41) is 16.0. The molecule has 0 radical (unpaired) electrons. The number of alkyl halides is 3. The van der Waals surface area contributed by atoms with E-state index in [-0.39, 0.29) is 61.2 Å². The summed E-state index contributed by atoms with van der Waals surface area (Å²) < 4.78 is 48.3. The van der Waals surface area contributed by atoms with Gasteiger partial charge in [0.05, 0.1) is 17.4 Å². The number of anilines is 4. The van der Waals surface area contributed by atoms with Crippen molar-refractivity contribution in [2.45, 2.75) is 83.7 Å². The van der Waals surface area contributed by atoms with Gasteiger partial charge in [0.2, 0.25) is 0 Å². The molecule has 2 fully saturated rings. The molecule has 0 unspecified atom stereocenters. The van der Waals surface area contributed by atoms with E-state index in [2.05, 4.69) is 20.6 Å². The third-order valence-electron chi connectivity index (χ3n) is 7.41. The molecule has 1 aromatic carbocycles. The van der Waals surface area contributed by atoms with Gasteiger partial charge in [-0.05, 0) is 71.1 Å². The monoisotopic (exact) mass is 607 g/mol. The third kappa shape index (κ3) is 8.18. The first-order valence-electron chi connectivity index (χ1n) is 14.5. The normalized spacial score (nSPS) is 19.6. The largest absolute Gasteiger partial charge is 0.444 e. The number of benzene rings is 1. The van der Waals surface area contributed by atoms with Gasteiger partial charge >= 0.3 is 12.3 Å². The first kappa shape index (κ1) is 32.1. The van der Waals surface area contributed by atoms with Crippen molar-refractivity contribution in [2.75, 3.05) is 41.7 Å². The van der Waals surface area contributed by atoms with Gasteiger partial charge in [0.25, 0.3) is 5.91 Å². The van der Waals surface area contributed by atoms with Gasteiger partial charge in [-0.1, -0.05) is 6.92 Å². The van der Waals surface area contributed by atoms with E-state index in [0.717, 1.165) is 18.9 Å². The zero-order valence-corrected chi connectivity index (χ0v) is 24.9. The molecule has 0 bridgehead atoms. The van der Waals surface area contributed by atoms with Gasteiger partial charge in [-0.3, -0.25) is 4.79 Å². The highest BCUT2D eigenvalue weighted by molar-refractivity contribution is 5.96. The highest BCUT2D eigenvalue weighted by Crippen LogP contribution is 2.39. The summed E-state index contributed by atoms with van der Waals surface area (Å²) in [5.74, 6) is -0.519. The number of carbonyl (C=O) groups is 2. The Morgan fingerprint density at radius 3 is 2.26 bits per heavy atom. The number of primary amides is 1. The molecule has 2 aliphatic rings. The highest BCUT2D eigenvalue weighted by Gasteiger charge is 2.37. The number of piperazine rings is 1. The van der Waals surface area contributed by atoms with Gasteiger partial charge in [-0.2, -0.15) is 13.2 Å². The van der Waals surface area contributed by atoms with E-state index >= 15 is 0 Å². The fourth-order valence-corrected chi connectivity index (χ4v) is 5.21. The van der Waals surface area contributed by atoms with Crippen LogP contribution in [0.2, 0.25) is 0 Å². The summed E-state index contributed by atoms with van der Waals surface area (Å²) in [6, 6.07) is 3.83. The Labute approximate surface area is 249 Å². The molecule has 4 rings (SSSR count). The van der Waals surface area contributed by atoms with Gasteiger partial charge in [-0.15, -0.1) is 0 Å². The number of hydrogen-bond donors (Lipinski definition) is 4.